The van der Waals surface area contributed by atoms with E-state index in [9.17, 15) is 12.8 Å². The van der Waals surface area contributed by atoms with Crippen molar-refractivity contribution in [1.29, 1.82) is 0 Å². The fourth-order valence-corrected chi connectivity index (χ4v) is 7.76. The number of aromatic nitrogens is 2. The van der Waals surface area contributed by atoms with Crippen LogP contribution in [0.15, 0.2) is 47.6 Å². The highest BCUT2D eigenvalue weighted by atomic mass is 32.2. The zero-order valence-electron chi connectivity index (χ0n) is 22.8. The van der Waals surface area contributed by atoms with E-state index >= 15 is 0 Å². The van der Waals surface area contributed by atoms with Gasteiger partial charge in [0.25, 0.3) is 10.0 Å². The molecular weight excluding hydrogens is 503 g/mol. The van der Waals surface area contributed by atoms with Gasteiger partial charge in [-0.3, -0.25) is 4.90 Å². The first kappa shape index (κ1) is 27.0. The van der Waals surface area contributed by atoms with Crippen LogP contribution >= 0.6 is 0 Å². The second-order valence-corrected chi connectivity index (χ2v) is 12.5. The molecule has 38 heavy (non-hydrogen) atoms. The lowest BCUT2D eigenvalue weighted by molar-refractivity contribution is -0.0635. The third-order valence-electron chi connectivity index (χ3n) is 8.59. The second kappa shape index (κ2) is 10.5. The van der Waals surface area contributed by atoms with E-state index in [0.717, 1.165) is 36.1 Å². The third-order valence-corrected chi connectivity index (χ3v) is 10.5. The summed E-state index contributed by atoms with van der Waals surface area (Å²) in [4.78, 5) is 6.65. The number of benzene rings is 2. The zero-order chi connectivity index (χ0) is 27.2. The minimum Gasteiger partial charge on any atom is -0.383 e. The van der Waals surface area contributed by atoms with Crippen LogP contribution < -0.4 is 0 Å². The van der Waals surface area contributed by atoms with E-state index in [-0.39, 0.29) is 28.8 Å². The van der Waals surface area contributed by atoms with Crippen molar-refractivity contribution < 1.29 is 17.5 Å². The van der Waals surface area contributed by atoms with E-state index in [1.54, 1.807) is 23.0 Å². The summed E-state index contributed by atoms with van der Waals surface area (Å²) in [5.41, 5.74) is 4.84. The fourth-order valence-electron chi connectivity index (χ4n) is 6.12. The Hall–Kier alpha value is -2.59. The Morgan fingerprint density at radius 2 is 1.74 bits per heavy atom. The molecule has 2 aliphatic rings. The summed E-state index contributed by atoms with van der Waals surface area (Å²) in [5.74, 6) is 0.625. The number of halogens is 1. The molecule has 2 aromatic carbocycles. The monoisotopic (exact) mass is 540 g/mol. The van der Waals surface area contributed by atoms with Gasteiger partial charge in [-0.25, -0.2) is 17.8 Å². The van der Waals surface area contributed by atoms with Crippen molar-refractivity contribution >= 4 is 10.0 Å². The maximum atomic E-state index is 14.0. The molecule has 0 bridgehead atoms. The minimum atomic E-state index is -3.68. The van der Waals surface area contributed by atoms with Gasteiger partial charge in [-0.15, -0.1) is 0 Å². The molecule has 7 nitrogen and oxygen atoms in total. The molecule has 2 aliphatic heterocycles. The number of fused-ring (bicyclic) bond motifs is 1. The van der Waals surface area contributed by atoms with Gasteiger partial charge in [0, 0.05) is 45.2 Å². The van der Waals surface area contributed by atoms with Crippen molar-refractivity contribution in [2.75, 3.05) is 33.4 Å². The maximum Gasteiger partial charge on any atom is 0.260 e. The van der Waals surface area contributed by atoms with Gasteiger partial charge in [0.05, 0.1) is 12.8 Å². The van der Waals surface area contributed by atoms with Crippen LogP contribution in [0.1, 0.15) is 41.3 Å². The van der Waals surface area contributed by atoms with Gasteiger partial charge in [-0.05, 0) is 74.0 Å². The van der Waals surface area contributed by atoms with Gasteiger partial charge in [0.1, 0.15) is 11.6 Å². The van der Waals surface area contributed by atoms with E-state index in [0.29, 0.717) is 31.1 Å². The Morgan fingerprint density at radius 3 is 2.39 bits per heavy atom. The number of hydrogen-bond donors (Lipinski definition) is 0. The quantitative estimate of drug-likeness (QED) is 0.463. The molecule has 5 rings (SSSR count). The number of aryl methyl sites for hydroxylation is 1. The molecule has 0 amide bonds. The Labute approximate surface area is 225 Å². The van der Waals surface area contributed by atoms with E-state index in [1.807, 2.05) is 26.8 Å². The smallest absolute Gasteiger partial charge is 0.260 e. The highest BCUT2D eigenvalue weighted by Crippen LogP contribution is 2.43. The summed E-state index contributed by atoms with van der Waals surface area (Å²) < 4.78 is 50.3. The fraction of sp³-hybridized carbons (Fsp3) is 0.483. The standard InChI is InChI=1S/C29H37FN4O3S/c1-19-20(2)25(30)13-12-24(19)22-8-10-23(11-9-22)29-26-17-33(14-6-7-15-34(26)27(29)18-37-5)38(35,36)28-16-31-21(3)32(28)4/h8-13,16,26-27,29H,6-7,14-15,17-18H2,1-5H3/t26-,27?,29-/m0/s1. The van der Waals surface area contributed by atoms with Crippen molar-refractivity contribution in [2.24, 2.45) is 7.05 Å². The van der Waals surface area contributed by atoms with Gasteiger partial charge in [0.15, 0.2) is 5.03 Å². The molecule has 3 atom stereocenters. The topological polar surface area (TPSA) is 67.7 Å². The molecular formula is C29H37FN4O3S. The highest BCUT2D eigenvalue weighted by Gasteiger charge is 2.50. The van der Waals surface area contributed by atoms with Crippen LogP contribution in [0.3, 0.4) is 0 Å². The number of rotatable bonds is 6. The normalized spacial score (nSPS) is 22.9. The molecule has 204 valence electrons. The summed E-state index contributed by atoms with van der Waals surface area (Å²) in [6.07, 6.45) is 3.21. The molecule has 0 spiro atoms. The molecule has 3 aromatic rings. The van der Waals surface area contributed by atoms with Crippen LogP contribution in [0, 0.1) is 26.6 Å². The van der Waals surface area contributed by atoms with Crippen LogP contribution in [0.5, 0.6) is 0 Å². The van der Waals surface area contributed by atoms with Crippen LogP contribution in [0.2, 0.25) is 0 Å². The minimum absolute atomic E-state index is 0.0557. The van der Waals surface area contributed by atoms with E-state index in [1.165, 1.54) is 17.8 Å². The molecule has 1 aromatic heterocycles. The van der Waals surface area contributed by atoms with Crippen LogP contribution in [0.25, 0.3) is 11.1 Å². The van der Waals surface area contributed by atoms with E-state index in [2.05, 4.69) is 34.1 Å². The van der Waals surface area contributed by atoms with E-state index in [4.69, 9.17) is 4.74 Å². The number of ether oxygens (including phenoxy) is 1. The number of nitrogens with zero attached hydrogens (tertiary/aromatic N) is 4. The van der Waals surface area contributed by atoms with Gasteiger partial charge < -0.3 is 9.30 Å². The average molecular weight is 541 g/mol. The second-order valence-electron chi connectivity index (χ2n) is 10.6. The molecule has 0 N–H and O–H groups in total. The van der Waals surface area contributed by atoms with Gasteiger partial charge in [-0.1, -0.05) is 30.3 Å². The summed E-state index contributed by atoms with van der Waals surface area (Å²) in [5, 5.41) is 0.237. The van der Waals surface area contributed by atoms with Crippen LogP contribution in [0.4, 0.5) is 4.39 Å². The summed E-state index contributed by atoms with van der Waals surface area (Å²) in [6.45, 7) is 8.02. The summed E-state index contributed by atoms with van der Waals surface area (Å²) in [6, 6.07) is 12.1. The van der Waals surface area contributed by atoms with Gasteiger partial charge >= 0.3 is 0 Å². The third kappa shape index (κ3) is 4.59. The number of hydrogen-bond acceptors (Lipinski definition) is 5. The Kier molecular flexibility index (Phi) is 7.48. The molecule has 2 saturated heterocycles. The van der Waals surface area contributed by atoms with Gasteiger partial charge in [-0.2, -0.15) is 4.31 Å². The molecule has 0 saturated carbocycles. The van der Waals surface area contributed by atoms with Crippen molar-refractivity contribution in [2.45, 2.75) is 56.6 Å². The predicted octanol–water partition coefficient (Wildman–Crippen LogP) is 4.42. The Bertz CT molecular complexity index is 1420. The first-order chi connectivity index (χ1) is 18.1. The predicted molar refractivity (Wildman–Crippen MR) is 146 cm³/mol. The molecule has 9 heteroatoms. The Morgan fingerprint density at radius 1 is 1.03 bits per heavy atom. The summed E-state index contributed by atoms with van der Waals surface area (Å²) in [7, 11) is -0.210. The molecule has 1 unspecified atom stereocenters. The molecule has 0 aliphatic carbocycles. The number of methoxy groups -OCH3 is 1. The number of imidazole rings is 1. The maximum absolute atomic E-state index is 14.0. The molecule has 0 radical (unpaired) electrons. The van der Waals surface area contributed by atoms with Crippen molar-refractivity contribution in [1.82, 2.24) is 18.8 Å². The van der Waals surface area contributed by atoms with Crippen molar-refractivity contribution in [3.63, 3.8) is 0 Å². The highest BCUT2D eigenvalue weighted by molar-refractivity contribution is 7.89. The first-order valence-corrected chi connectivity index (χ1v) is 14.7. The zero-order valence-corrected chi connectivity index (χ0v) is 23.6. The number of sulfonamides is 1. The van der Waals surface area contributed by atoms with Crippen molar-refractivity contribution in [3.8, 4) is 11.1 Å². The first-order valence-electron chi connectivity index (χ1n) is 13.2. The van der Waals surface area contributed by atoms with Gasteiger partial charge in [0.2, 0.25) is 0 Å². The van der Waals surface area contributed by atoms with E-state index < -0.39 is 10.0 Å². The molecule has 3 heterocycles. The largest absolute Gasteiger partial charge is 0.383 e. The SMILES string of the molecule is COCC1[C@@H](c2ccc(-c3ccc(F)c(C)c3C)cc2)[C@@H]2CN(S(=O)(=O)c3cnc(C)n3C)CCCCN12. The lowest BCUT2D eigenvalue weighted by Gasteiger charge is -2.57. The molecule has 2 fully saturated rings. The lowest BCUT2D eigenvalue weighted by Crippen LogP contribution is -2.68. The Balaban J connectivity index is 1.45. The lowest BCUT2D eigenvalue weighted by atomic mass is 9.74. The van der Waals surface area contributed by atoms with Crippen LogP contribution in [-0.2, 0) is 21.8 Å². The van der Waals surface area contributed by atoms with Crippen LogP contribution in [-0.4, -0.2) is 72.6 Å². The van der Waals surface area contributed by atoms with Crippen molar-refractivity contribution in [3.05, 3.63) is 70.9 Å². The average Bonchev–Trinajstić information content (AvgIpc) is 3.22. The summed E-state index contributed by atoms with van der Waals surface area (Å²) >= 11 is 0.